The van der Waals surface area contributed by atoms with Crippen molar-refractivity contribution in [2.45, 2.75) is 39.5 Å². The van der Waals surface area contributed by atoms with E-state index in [0.29, 0.717) is 0 Å². The van der Waals surface area contributed by atoms with Gasteiger partial charge in [0.25, 0.3) is 0 Å². The van der Waals surface area contributed by atoms with Crippen LogP contribution in [0.5, 0.6) is 5.75 Å². The quantitative estimate of drug-likeness (QED) is 0.662. The Balaban J connectivity index is 2.20. The van der Waals surface area contributed by atoms with Gasteiger partial charge in [-0.3, -0.25) is 0 Å². The first-order valence-corrected chi connectivity index (χ1v) is 6.79. The predicted molar refractivity (Wildman–Crippen MR) is 73.7 cm³/mol. The van der Waals surface area contributed by atoms with Crippen molar-refractivity contribution >= 4 is 0 Å². The van der Waals surface area contributed by atoms with Gasteiger partial charge in [-0.2, -0.15) is 0 Å². The van der Waals surface area contributed by atoms with Gasteiger partial charge in [0, 0.05) is 0 Å². The molecule has 0 saturated carbocycles. The summed E-state index contributed by atoms with van der Waals surface area (Å²) in [7, 11) is 0. The van der Waals surface area contributed by atoms with E-state index in [2.05, 4.69) is 43.4 Å². The Labute approximate surface area is 105 Å². The van der Waals surface area contributed by atoms with E-state index in [1.165, 1.54) is 18.4 Å². The van der Waals surface area contributed by atoms with Crippen LogP contribution in [0.4, 0.5) is 0 Å². The first kappa shape index (κ1) is 14.0. The molecule has 2 heteroatoms. The molecule has 0 spiro atoms. The van der Waals surface area contributed by atoms with E-state index < -0.39 is 0 Å². The highest BCUT2D eigenvalue weighted by atomic mass is 16.5. The molecule has 0 aromatic heterocycles. The summed E-state index contributed by atoms with van der Waals surface area (Å²) in [6.07, 6.45) is 4.62. The lowest BCUT2D eigenvalue weighted by Gasteiger charge is -2.06. The second-order valence-corrected chi connectivity index (χ2v) is 4.35. The number of hydrogen-bond acceptors (Lipinski definition) is 2. The summed E-state index contributed by atoms with van der Waals surface area (Å²) < 4.78 is 5.56. The molecule has 0 aliphatic rings. The van der Waals surface area contributed by atoms with Crippen molar-refractivity contribution in [3.05, 3.63) is 29.8 Å². The van der Waals surface area contributed by atoms with E-state index in [9.17, 15) is 0 Å². The van der Waals surface area contributed by atoms with Crippen molar-refractivity contribution < 1.29 is 4.74 Å². The highest BCUT2D eigenvalue weighted by Crippen LogP contribution is 2.13. The third-order valence-corrected chi connectivity index (χ3v) is 2.64. The maximum atomic E-state index is 5.56. The van der Waals surface area contributed by atoms with Gasteiger partial charge in [-0.15, -0.1) is 0 Å². The largest absolute Gasteiger partial charge is 0.494 e. The molecule has 1 aromatic carbocycles. The normalized spacial score (nSPS) is 10.5. The van der Waals surface area contributed by atoms with Gasteiger partial charge in [-0.25, -0.2) is 0 Å². The Morgan fingerprint density at radius 1 is 1.00 bits per heavy atom. The van der Waals surface area contributed by atoms with E-state index in [0.717, 1.165) is 38.3 Å². The Bertz CT molecular complexity index is 281. The molecule has 0 unspecified atom stereocenters. The van der Waals surface area contributed by atoms with Gasteiger partial charge in [-0.1, -0.05) is 26.0 Å². The number of ether oxygens (including phenoxy) is 1. The van der Waals surface area contributed by atoms with Gasteiger partial charge in [0.1, 0.15) is 5.75 Å². The Kier molecular flexibility index (Phi) is 7.48. The minimum Gasteiger partial charge on any atom is -0.494 e. The average molecular weight is 235 g/mol. The van der Waals surface area contributed by atoms with E-state index in [-0.39, 0.29) is 0 Å². The van der Waals surface area contributed by atoms with E-state index in [1.54, 1.807) is 0 Å². The molecule has 0 amide bonds. The summed E-state index contributed by atoms with van der Waals surface area (Å²) in [5.41, 5.74) is 1.40. The van der Waals surface area contributed by atoms with Crippen molar-refractivity contribution in [1.82, 2.24) is 5.32 Å². The van der Waals surface area contributed by atoms with Crippen LogP contribution >= 0.6 is 0 Å². The SMILES string of the molecule is CCCNCCCc1ccc(OCCC)cc1. The van der Waals surface area contributed by atoms with Crippen LogP contribution in [0.2, 0.25) is 0 Å². The van der Waals surface area contributed by atoms with Crippen LogP contribution in [0.1, 0.15) is 38.7 Å². The number of hydrogen-bond donors (Lipinski definition) is 1. The van der Waals surface area contributed by atoms with E-state index in [1.807, 2.05) is 0 Å². The average Bonchev–Trinajstić information content (AvgIpc) is 2.37. The van der Waals surface area contributed by atoms with Crippen LogP contribution in [-0.2, 0) is 6.42 Å². The topological polar surface area (TPSA) is 21.3 Å². The third kappa shape index (κ3) is 6.32. The second kappa shape index (κ2) is 9.06. The molecule has 96 valence electrons. The van der Waals surface area contributed by atoms with Gasteiger partial charge in [-0.05, 0) is 56.5 Å². The molecule has 0 atom stereocenters. The van der Waals surface area contributed by atoms with Crippen LogP contribution in [0.15, 0.2) is 24.3 Å². The minimum atomic E-state index is 0.806. The van der Waals surface area contributed by atoms with E-state index >= 15 is 0 Å². The van der Waals surface area contributed by atoms with Crippen LogP contribution in [0, 0.1) is 0 Å². The number of aryl methyl sites for hydroxylation is 1. The molecule has 17 heavy (non-hydrogen) atoms. The summed E-state index contributed by atoms with van der Waals surface area (Å²) in [6, 6.07) is 8.49. The van der Waals surface area contributed by atoms with Crippen molar-refractivity contribution in [3.8, 4) is 5.75 Å². The van der Waals surface area contributed by atoms with Gasteiger partial charge >= 0.3 is 0 Å². The molecule has 0 aliphatic carbocycles. The molecule has 2 nitrogen and oxygen atoms in total. The van der Waals surface area contributed by atoms with Gasteiger partial charge in [0.15, 0.2) is 0 Å². The van der Waals surface area contributed by atoms with Crippen molar-refractivity contribution in [3.63, 3.8) is 0 Å². The van der Waals surface area contributed by atoms with Crippen molar-refractivity contribution in [2.75, 3.05) is 19.7 Å². The molecule has 0 fully saturated rings. The molecule has 1 N–H and O–H groups in total. The molecule has 0 aliphatic heterocycles. The number of benzene rings is 1. The maximum absolute atomic E-state index is 5.56. The van der Waals surface area contributed by atoms with E-state index in [4.69, 9.17) is 4.74 Å². The lowest BCUT2D eigenvalue weighted by Crippen LogP contribution is -2.16. The molecule has 0 saturated heterocycles. The smallest absolute Gasteiger partial charge is 0.119 e. The highest BCUT2D eigenvalue weighted by Gasteiger charge is 1.95. The Hall–Kier alpha value is -1.02. The lowest BCUT2D eigenvalue weighted by molar-refractivity contribution is 0.317. The summed E-state index contributed by atoms with van der Waals surface area (Å²) in [5, 5.41) is 3.42. The molecule has 0 radical (unpaired) electrons. The first-order valence-electron chi connectivity index (χ1n) is 6.79. The molecule has 0 heterocycles. The molecular weight excluding hydrogens is 210 g/mol. The maximum Gasteiger partial charge on any atom is 0.119 e. The van der Waals surface area contributed by atoms with Crippen molar-refractivity contribution in [2.24, 2.45) is 0 Å². The van der Waals surface area contributed by atoms with Crippen LogP contribution in [-0.4, -0.2) is 19.7 Å². The first-order chi connectivity index (χ1) is 8.36. The monoisotopic (exact) mass is 235 g/mol. The summed E-state index contributed by atoms with van der Waals surface area (Å²) in [6.45, 7) is 7.37. The lowest BCUT2D eigenvalue weighted by atomic mass is 10.1. The summed E-state index contributed by atoms with van der Waals surface area (Å²) in [5.74, 6) is 0.986. The van der Waals surface area contributed by atoms with Crippen LogP contribution in [0.3, 0.4) is 0 Å². The zero-order valence-corrected chi connectivity index (χ0v) is 11.2. The molecule has 1 rings (SSSR count). The minimum absolute atomic E-state index is 0.806. The Morgan fingerprint density at radius 2 is 1.76 bits per heavy atom. The fourth-order valence-electron chi connectivity index (χ4n) is 1.69. The zero-order valence-electron chi connectivity index (χ0n) is 11.2. The Morgan fingerprint density at radius 3 is 2.41 bits per heavy atom. The molecular formula is C15H25NO. The number of nitrogens with one attached hydrogen (secondary N) is 1. The van der Waals surface area contributed by atoms with Gasteiger partial charge < -0.3 is 10.1 Å². The highest BCUT2D eigenvalue weighted by molar-refractivity contribution is 5.27. The standard InChI is InChI=1S/C15H25NO/c1-3-11-16-12-5-6-14-7-9-15(10-8-14)17-13-4-2/h7-10,16H,3-6,11-13H2,1-2H3. The fourth-order valence-corrected chi connectivity index (χ4v) is 1.69. The summed E-state index contributed by atoms with van der Waals surface area (Å²) in [4.78, 5) is 0. The molecule has 1 aromatic rings. The van der Waals surface area contributed by atoms with Crippen LogP contribution < -0.4 is 10.1 Å². The second-order valence-electron chi connectivity index (χ2n) is 4.35. The third-order valence-electron chi connectivity index (χ3n) is 2.64. The van der Waals surface area contributed by atoms with Crippen molar-refractivity contribution in [1.29, 1.82) is 0 Å². The van der Waals surface area contributed by atoms with Gasteiger partial charge in [0.05, 0.1) is 6.61 Å². The molecule has 0 bridgehead atoms. The predicted octanol–water partition coefficient (Wildman–Crippen LogP) is 3.41. The number of rotatable bonds is 9. The van der Waals surface area contributed by atoms with Gasteiger partial charge in [0.2, 0.25) is 0 Å². The van der Waals surface area contributed by atoms with Crippen LogP contribution in [0.25, 0.3) is 0 Å². The fraction of sp³-hybridized carbons (Fsp3) is 0.600. The summed E-state index contributed by atoms with van der Waals surface area (Å²) >= 11 is 0. The zero-order chi connectivity index (χ0) is 12.3.